The Hall–Kier alpha value is -1.07. The van der Waals surface area contributed by atoms with Crippen LogP contribution in [0.1, 0.15) is 6.92 Å². The third kappa shape index (κ3) is 5.51. The average molecular weight is 315 g/mol. The lowest BCUT2D eigenvalue weighted by Crippen LogP contribution is -2.36. The van der Waals surface area contributed by atoms with Crippen molar-refractivity contribution in [1.82, 2.24) is 10.2 Å². The van der Waals surface area contributed by atoms with Crippen LogP contribution in [0.3, 0.4) is 0 Å². The van der Waals surface area contributed by atoms with Gasteiger partial charge in [0.25, 0.3) is 0 Å². The van der Waals surface area contributed by atoms with Crippen LogP contribution in [0.4, 0.5) is 0 Å². The van der Waals surface area contributed by atoms with Gasteiger partial charge in [0, 0.05) is 24.6 Å². The fourth-order valence-corrected chi connectivity index (χ4v) is 1.54. The highest BCUT2D eigenvalue weighted by molar-refractivity contribution is 9.10. The van der Waals surface area contributed by atoms with Crippen LogP contribution >= 0.6 is 15.9 Å². The third-order valence-electron chi connectivity index (χ3n) is 2.54. The van der Waals surface area contributed by atoms with Gasteiger partial charge < -0.3 is 15.0 Å². The molecule has 1 rings (SSSR count). The molecule has 0 unspecified atom stereocenters. The molecule has 0 aliphatic carbocycles. The van der Waals surface area contributed by atoms with Crippen LogP contribution in [0, 0.1) is 0 Å². The zero-order valence-corrected chi connectivity index (χ0v) is 12.4. The fourth-order valence-electron chi connectivity index (χ4n) is 1.28. The molecule has 4 nitrogen and oxygen atoms in total. The molecular formula is C13H19BrN2O2. The van der Waals surface area contributed by atoms with E-state index in [1.807, 2.05) is 31.2 Å². The van der Waals surface area contributed by atoms with Crippen molar-refractivity contribution in [1.29, 1.82) is 0 Å². The van der Waals surface area contributed by atoms with E-state index < -0.39 is 0 Å². The summed E-state index contributed by atoms with van der Waals surface area (Å²) in [6.07, 6.45) is 0. The topological polar surface area (TPSA) is 41.6 Å². The summed E-state index contributed by atoms with van der Waals surface area (Å²) in [5, 5.41) is 3.06. The number of carbonyl (C=O) groups is 1. The van der Waals surface area contributed by atoms with E-state index in [1.165, 1.54) is 0 Å². The van der Waals surface area contributed by atoms with Crippen molar-refractivity contribution in [2.24, 2.45) is 0 Å². The molecule has 0 spiro atoms. The molecule has 0 saturated carbocycles. The van der Waals surface area contributed by atoms with Crippen molar-refractivity contribution >= 4 is 21.8 Å². The summed E-state index contributed by atoms with van der Waals surface area (Å²) in [6, 6.07) is 7.67. The summed E-state index contributed by atoms with van der Waals surface area (Å²) in [6.45, 7) is 4.24. The zero-order valence-electron chi connectivity index (χ0n) is 10.8. The van der Waals surface area contributed by atoms with Gasteiger partial charge in [0.05, 0.1) is 6.54 Å². The van der Waals surface area contributed by atoms with Gasteiger partial charge in [0.15, 0.2) is 0 Å². The Balaban J connectivity index is 2.12. The SMILES string of the molecule is CCN(C)C(=O)CNCCOc1ccc(Br)cc1. The maximum Gasteiger partial charge on any atom is 0.236 e. The van der Waals surface area contributed by atoms with Crippen LogP contribution in [0.15, 0.2) is 28.7 Å². The first-order valence-corrected chi connectivity index (χ1v) is 6.76. The molecule has 5 heteroatoms. The first kappa shape index (κ1) is 15.0. The molecule has 0 saturated heterocycles. The highest BCUT2D eigenvalue weighted by Crippen LogP contribution is 2.15. The molecule has 0 aliphatic rings. The van der Waals surface area contributed by atoms with Crippen molar-refractivity contribution in [3.63, 3.8) is 0 Å². The molecule has 100 valence electrons. The molecule has 0 aliphatic heterocycles. The minimum Gasteiger partial charge on any atom is -0.492 e. The lowest BCUT2D eigenvalue weighted by molar-refractivity contribution is -0.128. The summed E-state index contributed by atoms with van der Waals surface area (Å²) in [4.78, 5) is 13.1. The van der Waals surface area contributed by atoms with Gasteiger partial charge in [-0.15, -0.1) is 0 Å². The number of hydrogen-bond acceptors (Lipinski definition) is 3. The van der Waals surface area contributed by atoms with E-state index in [0.29, 0.717) is 19.7 Å². The van der Waals surface area contributed by atoms with Gasteiger partial charge in [-0.1, -0.05) is 15.9 Å². The molecule has 1 aromatic rings. The minimum atomic E-state index is 0.0983. The number of rotatable bonds is 7. The molecule has 1 N–H and O–H groups in total. The summed E-state index contributed by atoms with van der Waals surface area (Å²) >= 11 is 3.36. The number of ether oxygens (including phenoxy) is 1. The van der Waals surface area contributed by atoms with Crippen LogP contribution in [-0.2, 0) is 4.79 Å². The van der Waals surface area contributed by atoms with E-state index in [4.69, 9.17) is 4.74 Å². The number of nitrogens with one attached hydrogen (secondary N) is 1. The van der Waals surface area contributed by atoms with Crippen molar-refractivity contribution in [2.45, 2.75) is 6.92 Å². The lowest BCUT2D eigenvalue weighted by Gasteiger charge is -2.14. The van der Waals surface area contributed by atoms with E-state index in [-0.39, 0.29) is 5.91 Å². The Bertz CT molecular complexity index is 368. The van der Waals surface area contributed by atoms with Crippen LogP contribution in [0.5, 0.6) is 5.75 Å². The molecule has 18 heavy (non-hydrogen) atoms. The maximum atomic E-state index is 11.5. The van der Waals surface area contributed by atoms with E-state index >= 15 is 0 Å². The Morgan fingerprint density at radius 2 is 2.06 bits per heavy atom. The largest absolute Gasteiger partial charge is 0.492 e. The second kappa shape index (κ2) is 8.11. The highest BCUT2D eigenvalue weighted by atomic mass is 79.9. The monoisotopic (exact) mass is 314 g/mol. The Morgan fingerprint density at radius 1 is 1.39 bits per heavy atom. The standard InChI is InChI=1S/C13H19BrN2O2/c1-3-16(2)13(17)10-15-8-9-18-12-6-4-11(14)5-7-12/h4-7,15H,3,8-10H2,1-2H3. The summed E-state index contributed by atoms with van der Waals surface area (Å²) in [7, 11) is 1.79. The minimum absolute atomic E-state index is 0.0983. The van der Waals surface area contributed by atoms with Gasteiger partial charge in [-0.2, -0.15) is 0 Å². The van der Waals surface area contributed by atoms with E-state index in [9.17, 15) is 4.79 Å². The number of likely N-dealkylation sites (N-methyl/N-ethyl adjacent to an activating group) is 1. The molecule has 0 aromatic heterocycles. The van der Waals surface area contributed by atoms with Crippen molar-refractivity contribution in [3.8, 4) is 5.75 Å². The maximum absolute atomic E-state index is 11.5. The van der Waals surface area contributed by atoms with Crippen molar-refractivity contribution < 1.29 is 9.53 Å². The number of amides is 1. The fraction of sp³-hybridized carbons (Fsp3) is 0.462. The molecular weight excluding hydrogens is 296 g/mol. The smallest absolute Gasteiger partial charge is 0.236 e. The van der Waals surface area contributed by atoms with Gasteiger partial charge >= 0.3 is 0 Å². The Kier molecular flexibility index (Phi) is 6.75. The zero-order chi connectivity index (χ0) is 13.4. The predicted octanol–water partition coefficient (Wildman–Crippen LogP) is 1.90. The molecule has 0 atom stereocenters. The second-order valence-corrected chi connectivity index (χ2v) is 4.80. The van der Waals surface area contributed by atoms with Gasteiger partial charge in [0.1, 0.15) is 12.4 Å². The van der Waals surface area contributed by atoms with Crippen molar-refractivity contribution in [3.05, 3.63) is 28.7 Å². The first-order chi connectivity index (χ1) is 8.63. The second-order valence-electron chi connectivity index (χ2n) is 3.89. The van der Waals surface area contributed by atoms with Crippen LogP contribution in [0.25, 0.3) is 0 Å². The summed E-state index contributed by atoms with van der Waals surface area (Å²) < 4.78 is 6.55. The van der Waals surface area contributed by atoms with Crippen LogP contribution in [-0.4, -0.2) is 44.1 Å². The molecule has 0 heterocycles. The number of benzene rings is 1. The number of hydrogen-bond donors (Lipinski definition) is 1. The van der Waals surface area contributed by atoms with Gasteiger partial charge in [-0.05, 0) is 31.2 Å². The van der Waals surface area contributed by atoms with Crippen LogP contribution < -0.4 is 10.1 Å². The molecule has 1 aromatic carbocycles. The molecule has 0 fully saturated rings. The summed E-state index contributed by atoms with van der Waals surface area (Å²) in [5.74, 6) is 0.929. The number of nitrogens with zero attached hydrogens (tertiary/aromatic N) is 1. The van der Waals surface area contributed by atoms with E-state index in [0.717, 1.165) is 16.8 Å². The quantitative estimate of drug-likeness (QED) is 0.782. The normalized spacial score (nSPS) is 10.2. The number of carbonyl (C=O) groups excluding carboxylic acids is 1. The number of halogens is 1. The van der Waals surface area contributed by atoms with Gasteiger partial charge in [0.2, 0.25) is 5.91 Å². The van der Waals surface area contributed by atoms with Gasteiger partial charge in [-0.25, -0.2) is 0 Å². The Labute approximate surface area is 116 Å². The summed E-state index contributed by atoms with van der Waals surface area (Å²) in [5.41, 5.74) is 0. The van der Waals surface area contributed by atoms with Crippen molar-refractivity contribution in [2.75, 3.05) is 33.3 Å². The van der Waals surface area contributed by atoms with E-state index in [2.05, 4.69) is 21.2 Å². The third-order valence-corrected chi connectivity index (χ3v) is 3.07. The highest BCUT2D eigenvalue weighted by Gasteiger charge is 2.04. The average Bonchev–Trinajstić information content (AvgIpc) is 2.39. The molecule has 0 bridgehead atoms. The van der Waals surface area contributed by atoms with E-state index in [1.54, 1.807) is 11.9 Å². The molecule has 1 amide bonds. The van der Waals surface area contributed by atoms with Gasteiger partial charge in [-0.3, -0.25) is 4.79 Å². The first-order valence-electron chi connectivity index (χ1n) is 5.96. The lowest BCUT2D eigenvalue weighted by atomic mass is 10.3. The Morgan fingerprint density at radius 3 is 2.67 bits per heavy atom. The predicted molar refractivity (Wildman–Crippen MR) is 75.8 cm³/mol. The van der Waals surface area contributed by atoms with Crippen LogP contribution in [0.2, 0.25) is 0 Å². The molecule has 0 radical (unpaired) electrons.